The smallest absolute Gasteiger partial charge is 0.407 e. The zero-order valence-corrected chi connectivity index (χ0v) is 17.2. The fourth-order valence-corrected chi connectivity index (χ4v) is 3.70. The van der Waals surface area contributed by atoms with E-state index in [2.05, 4.69) is 17.4 Å². The highest BCUT2D eigenvalue weighted by Gasteiger charge is 2.29. The third kappa shape index (κ3) is 5.51. The first-order valence-corrected chi connectivity index (χ1v) is 10.1. The minimum Gasteiger partial charge on any atom is -0.481 e. The number of benzene rings is 2. The summed E-state index contributed by atoms with van der Waals surface area (Å²) in [6.07, 6.45) is 3.11. The Hall–Kier alpha value is -3.61. The first-order valence-electron chi connectivity index (χ1n) is 10.1. The molecule has 0 radical (unpaired) electrons. The summed E-state index contributed by atoms with van der Waals surface area (Å²) in [5.41, 5.74) is 4.46. The highest BCUT2D eigenvalue weighted by atomic mass is 16.6. The number of fused-ring (bicyclic) bond motifs is 3. The minimum atomic E-state index is -0.915. The summed E-state index contributed by atoms with van der Waals surface area (Å²) < 4.78 is 10.2. The molecule has 0 spiro atoms. The summed E-state index contributed by atoms with van der Waals surface area (Å²) >= 11 is 0. The molecule has 3 rings (SSSR count). The Morgan fingerprint density at radius 2 is 1.65 bits per heavy atom. The van der Waals surface area contributed by atoms with Crippen LogP contribution in [-0.2, 0) is 19.1 Å². The van der Waals surface area contributed by atoms with E-state index >= 15 is 0 Å². The van der Waals surface area contributed by atoms with E-state index in [4.69, 9.17) is 14.6 Å². The summed E-state index contributed by atoms with van der Waals surface area (Å²) in [4.78, 5) is 34.9. The lowest BCUT2D eigenvalue weighted by molar-refractivity contribution is -0.143. The van der Waals surface area contributed by atoms with Gasteiger partial charge in [-0.15, -0.1) is 0 Å². The first kappa shape index (κ1) is 22.1. The van der Waals surface area contributed by atoms with Crippen molar-refractivity contribution in [1.82, 2.24) is 5.32 Å². The lowest BCUT2D eigenvalue weighted by Crippen LogP contribution is -2.41. The fraction of sp³-hybridized carbons (Fsp3) is 0.292. The molecule has 1 amide bonds. The van der Waals surface area contributed by atoms with Crippen LogP contribution in [0.4, 0.5) is 4.79 Å². The molecular weight excluding hydrogens is 398 g/mol. The number of hydrogen-bond donors (Lipinski definition) is 2. The Morgan fingerprint density at radius 3 is 2.23 bits per heavy atom. The number of nitrogens with one attached hydrogen (secondary N) is 1. The lowest BCUT2D eigenvalue weighted by Gasteiger charge is -2.17. The number of rotatable bonds is 9. The molecule has 1 unspecified atom stereocenters. The number of esters is 1. The highest BCUT2D eigenvalue weighted by Crippen LogP contribution is 2.44. The Bertz CT molecular complexity index is 938. The molecule has 2 N–H and O–H groups in total. The summed E-state index contributed by atoms with van der Waals surface area (Å²) in [7, 11) is 1.24. The maximum atomic E-state index is 12.4. The number of carbonyl (C=O) groups is 3. The van der Waals surface area contributed by atoms with Crippen molar-refractivity contribution in [3.05, 3.63) is 71.8 Å². The third-order valence-corrected chi connectivity index (χ3v) is 5.18. The van der Waals surface area contributed by atoms with Crippen LogP contribution in [0.3, 0.4) is 0 Å². The van der Waals surface area contributed by atoms with Crippen molar-refractivity contribution < 1.29 is 29.0 Å². The van der Waals surface area contributed by atoms with Crippen LogP contribution in [0.1, 0.15) is 36.3 Å². The fourth-order valence-electron chi connectivity index (χ4n) is 3.70. The van der Waals surface area contributed by atoms with E-state index in [1.54, 1.807) is 12.2 Å². The summed E-state index contributed by atoms with van der Waals surface area (Å²) in [6.45, 7) is 0.141. The van der Waals surface area contributed by atoms with Crippen molar-refractivity contribution in [2.45, 2.75) is 31.2 Å². The molecule has 0 aromatic heterocycles. The summed E-state index contributed by atoms with van der Waals surface area (Å²) in [5, 5.41) is 11.2. The van der Waals surface area contributed by atoms with E-state index in [9.17, 15) is 14.4 Å². The number of alkyl carbamates (subject to hydrolysis) is 1. The number of aliphatic carboxylic acids is 1. The monoisotopic (exact) mass is 423 g/mol. The van der Waals surface area contributed by atoms with Crippen LogP contribution in [0.2, 0.25) is 0 Å². The molecule has 2 aromatic rings. The topological polar surface area (TPSA) is 102 Å². The molecule has 0 heterocycles. The second kappa shape index (κ2) is 10.4. The van der Waals surface area contributed by atoms with Crippen LogP contribution in [-0.4, -0.2) is 42.9 Å². The van der Waals surface area contributed by atoms with Crippen LogP contribution in [0, 0.1) is 0 Å². The van der Waals surface area contributed by atoms with Gasteiger partial charge >= 0.3 is 18.0 Å². The molecule has 0 fully saturated rings. The zero-order valence-electron chi connectivity index (χ0n) is 17.2. The Balaban J connectivity index is 1.60. The Labute approximate surface area is 180 Å². The number of carboxylic acid groups (broad SMARTS) is 1. The zero-order chi connectivity index (χ0) is 22.2. The number of amides is 1. The van der Waals surface area contributed by atoms with Gasteiger partial charge < -0.3 is 19.9 Å². The van der Waals surface area contributed by atoms with E-state index in [-0.39, 0.29) is 25.4 Å². The molecule has 7 nitrogen and oxygen atoms in total. The number of carbonyl (C=O) groups excluding carboxylic acids is 2. The van der Waals surface area contributed by atoms with Crippen molar-refractivity contribution in [3.8, 4) is 11.1 Å². The van der Waals surface area contributed by atoms with Gasteiger partial charge in [0.2, 0.25) is 0 Å². The number of carboxylic acids is 1. The second-order valence-corrected chi connectivity index (χ2v) is 7.19. The standard InChI is InChI=1S/C24H25NO6/c1-30-23(28)21(13-3-2-4-14-22(26)27)25-24(29)31-15-20-18-11-7-5-9-16(18)17-10-6-8-12-19(17)20/h2-3,5-12,20-21H,4,13-15H2,1H3,(H,25,29)(H,26,27). The van der Waals surface area contributed by atoms with Crippen LogP contribution in [0.25, 0.3) is 11.1 Å². The van der Waals surface area contributed by atoms with Gasteiger partial charge in [0, 0.05) is 12.3 Å². The third-order valence-electron chi connectivity index (χ3n) is 5.18. The van der Waals surface area contributed by atoms with Crippen molar-refractivity contribution in [1.29, 1.82) is 0 Å². The minimum absolute atomic E-state index is 0.000796. The van der Waals surface area contributed by atoms with E-state index < -0.39 is 24.1 Å². The van der Waals surface area contributed by atoms with Gasteiger partial charge in [-0.2, -0.15) is 0 Å². The quantitative estimate of drug-likeness (QED) is 0.469. The van der Waals surface area contributed by atoms with Crippen molar-refractivity contribution in [2.24, 2.45) is 0 Å². The van der Waals surface area contributed by atoms with Gasteiger partial charge in [0.05, 0.1) is 7.11 Å². The molecule has 0 bridgehead atoms. The molecule has 0 saturated heterocycles. The molecule has 162 valence electrons. The Kier molecular flexibility index (Phi) is 7.43. The predicted octanol–water partition coefficient (Wildman–Crippen LogP) is 3.88. The molecule has 7 heteroatoms. The second-order valence-electron chi connectivity index (χ2n) is 7.19. The molecule has 0 aliphatic heterocycles. The van der Waals surface area contributed by atoms with E-state index in [0.29, 0.717) is 6.42 Å². The largest absolute Gasteiger partial charge is 0.481 e. The van der Waals surface area contributed by atoms with Crippen molar-refractivity contribution >= 4 is 18.0 Å². The number of methoxy groups -OCH3 is 1. The summed E-state index contributed by atoms with van der Waals surface area (Å²) in [5.74, 6) is -1.58. The van der Waals surface area contributed by atoms with E-state index in [1.165, 1.54) is 7.11 Å². The normalized spacial score (nSPS) is 13.3. The van der Waals surface area contributed by atoms with Gasteiger partial charge in [-0.05, 0) is 35.1 Å². The molecule has 31 heavy (non-hydrogen) atoms. The summed E-state index contributed by atoms with van der Waals surface area (Å²) in [6, 6.07) is 15.1. The van der Waals surface area contributed by atoms with Crippen LogP contribution < -0.4 is 5.32 Å². The molecule has 2 aromatic carbocycles. The predicted molar refractivity (Wildman–Crippen MR) is 115 cm³/mol. The maximum absolute atomic E-state index is 12.4. The van der Waals surface area contributed by atoms with Gasteiger partial charge in [-0.1, -0.05) is 60.7 Å². The SMILES string of the molecule is COC(=O)C(CC=CCCC(=O)O)NC(=O)OCC1c2ccccc2-c2ccccc21. The molecule has 1 aliphatic rings. The van der Waals surface area contributed by atoms with Gasteiger partial charge in [-0.3, -0.25) is 4.79 Å². The lowest BCUT2D eigenvalue weighted by atomic mass is 9.98. The van der Waals surface area contributed by atoms with Gasteiger partial charge in [0.25, 0.3) is 0 Å². The van der Waals surface area contributed by atoms with Crippen molar-refractivity contribution in [3.63, 3.8) is 0 Å². The van der Waals surface area contributed by atoms with Gasteiger partial charge in [0.15, 0.2) is 0 Å². The van der Waals surface area contributed by atoms with Gasteiger partial charge in [0.1, 0.15) is 12.6 Å². The number of hydrogen-bond acceptors (Lipinski definition) is 5. The van der Waals surface area contributed by atoms with Crippen LogP contribution >= 0.6 is 0 Å². The molecular formula is C24H25NO6. The Morgan fingerprint density at radius 1 is 1.03 bits per heavy atom. The van der Waals surface area contributed by atoms with Crippen LogP contribution in [0.15, 0.2) is 60.7 Å². The number of ether oxygens (including phenoxy) is 2. The molecule has 1 atom stereocenters. The molecule has 1 aliphatic carbocycles. The van der Waals surface area contributed by atoms with Crippen molar-refractivity contribution in [2.75, 3.05) is 13.7 Å². The average Bonchev–Trinajstić information content (AvgIpc) is 3.09. The van der Waals surface area contributed by atoms with Crippen LogP contribution in [0.5, 0.6) is 0 Å². The highest BCUT2D eigenvalue weighted by molar-refractivity contribution is 5.82. The first-order chi connectivity index (χ1) is 15.0. The van der Waals surface area contributed by atoms with E-state index in [0.717, 1.165) is 22.3 Å². The number of allylic oxidation sites excluding steroid dienone is 1. The van der Waals surface area contributed by atoms with Gasteiger partial charge in [-0.25, -0.2) is 9.59 Å². The molecule has 0 saturated carbocycles. The average molecular weight is 423 g/mol. The maximum Gasteiger partial charge on any atom is 0.407 e. The van der Waals surface area contributed by atoms with E-state index in [1.807, 2.05) is 36.4 Å².